The summed E-state index contributed by atoms with van der Waals surface area (Å²) in [6, 6.07) is 5.47. The van der Waals surface area contributed by atoms with E-state index in [1.54, 1.807) is 30.7 Å². The Labute approximate surface area is 87.7 Å². The molecule has 15 heavy (non-hydrogen) atoms. The van der Waals surface area contributed by atoms with Gasteiger partial charge in [-0.15, -0.1) is 0 Å². The van der Waals surface area contributed by atoms with Crippen LogP contribution in [0.15, 0.2) is 36.8 Å². The van der Waals surface area contributed by atoms with Crippen molar-refractivity contribution in [2.45, 2.75) is 6.92 Å². The molecule has 0 unspecified atom stereocenters. The minimum absolute atomic E-state index is 0.474. The first-order chi connectivity index (χ1) is 7.25. The third-order valence-electron chi connectivity index (χ3n) is 2.00. The first-order valence-corrected chi connectivity index (χ1v) is 4.56. The molecule has 0 fully saturated rings. The summed E-state index contributed by atoms with van der Waals surface area (Å²) in [6.45, 7) is 1.93. The molecule has 4 heteroatoms. The molecule has 0 aliphatic rings. The molecular formula is C11H11N3O. The minimum atomic E-state index is 0.474. The minimum Gasteiger partial charge on any atom is -0.437 e. The van der Waals surface area contributed by atoms with Crippen LogP contribution in [0.5, 0.6) is 11.6 Å². The molecule has 0 aliphatic carbocycles. The Balaban J connectivity index is 2.22. The molecule has 0 amide bonds. The number of rotatable bonds is 2. The maximum absolute atomic E-state index is 5.70. The maximum atomic E-state index is 5.70. The van der Waals surface area contributed by atoms with Gasteiger partial charge < -0.3 is 10.5 Å². The summed E-state index contributed by atoms with van der Waals surface area (Å²) >= 11 is 0. The van der Waals surface area contributed by atoms with E-state index >= 15 is 0 Å². The molecule has 0 saturated heterocycles. The molecule has 76 valence electrons. The van der Waals surface area contributed by atoms with E-state index in [2.05, 4.69) is 9.97 Å². The number of benzene rings is 1. The van der Waals surface area contributed by atoms with E-state index in [1.165, 1.54) is 0 Å². The predicted octanol–water partition coefficient (Wildman–Crippen LogP) is 2.16. The molecule has 0 bridgehead atoms. The van der Waals surface area contributed by atoms with Crippen LogP contribution in [0.3, 0.4) is 0 Å². The van der Waals surface area contributed by atoms with E-state index in [1.807, 2.05) is 13.0 Å². The number of hydrogen-bond acceptors (Lipinski definition) is 4. The fourth-order valence-corrected chi connectivity index (χ4v) is 1.17. The average Bonchev–Trinajstić information content (AvgIpc) is 2.25. The monoisotopic (exact) mass is 201 g/mol. The van der Waals surface area contributed by atoms with E-state index in [0.29, 0.717) is 11.6 Å². The number of hydrogen-bond donors (Lipinski definition) is 1. The first-order valence-electron chi connectivity index (χ1n) is 4.56. The SMILES string of the molecule is Cc1cc(Oc2cnccn2)ccc1N. The van der Waals surface area contributed by atoms with Gasteiger partial charge in [0.25, 0.3) is 0 Å². The predicted molar refractivity (Wildman–Crippen MR) is 57.7 cm³/mol. The zero-order valence-corrected chi connectivity index (χ0v) is 8.34. The van der Waals surface area contributed by atoms with Crippen LogP contribution in [-0.2, 0) is 0 Å². The van der Waals surface area contributed by atoms with Crippen molar-refractivity contribution >= 4 is 5.69 Å². The van der Waals surface area contributed by atoms with Crippen LogP contribution in [0.1, 0.15) is 5.56 Å². The van der Waals surface area contributed by atoms with Crippen molar-refractivity contribution in [1.29, 1.82) is 0 Å². The van der Waals surface area contributed by atoms with Crippen LogP contribution >= 0.6 is 0 Å². The molecule has 0 spiro atoms. The highest BCUT2D eigenvalue weighted by Gasteiger charge is 2.00. The Morgan fingerprint density at radius 3 is 2.80 bits per heavy atom. The highest BCUT2D eigenvalue weighted by molar-refractivity contribution is 5.49. The summed E-state index contributed by atoms with van der Waals surface area (Å²) in [5.41, 5.74) is 7.43. The van der Waals surface area contributed by atoms with Crippen LogP contribution in [0.4, 0.5) is 5.69 Å². The molecule has 1 aromatic heterocycles. The Bertz CT molecular complexity index is 457. The molecule has 0 saturated carbocycles. The van der Waals surface area contributed by atoms with Gasteiger partial charge in [0.15, 0.2) is 0 Å². The number of anilines is 1. The number of nitrogen functional groups attached to an aromatic ring is 1. The van der Waals surface area contributed by atoms with Crippen molar-refractivity contribution < 1.29 is 4.74 Å². The van der Waals surface area contributed by atoms with Gasteiger partial charge in [-0.2, -0.15) is 0 Å². The number of aromatic nitrogens is 2. The first kappa shape index (κ1) is 9.45. The summed E-state index contributed by atoms with van der Waals surface area (Å²) in [5.74, 6) is 1.18. The van der Waals surface area contributed by atoms with Crippen LogP contribution in [0, 0.1) is 6.92 Å². The second-order valence-electron chi connectivity index (χ2n) is 3.16. The van der Waals surface area contributed by atoms with Gasteiger partial charge in [-0.3, -0.25) is 4.98 Å². The Kier molecular flexibility index (Phi) is 2.49. The number of nitrogens with two attached hydrogens (primary N) is 1. The lowest BCUT2D eigenvalue weighted by Crippen LogP contribution is -1.92. The molecule has 1 aromatic carbocycles. The third-order valence-corrected chi connectivity index (χ3v) is 2.00. The lowest BCUT2D eigenvalue weighted by Gasteiger charge is -2.05. The second kappa shape index (κ2) is 3.96. The lowest BCUT2D eigenvalue weighted by atomic mass is 10.2. The third kappa shape index (κ3) is 2.22. The lowest BCUT2D eigenvalue weighted by molar-refractivity contribution is 0.460. The Morgan fingerprint density at radius 1 is 1.27 bits per heavy atom. The van der Waals surface area contributed by atoms with Gasteiger partial charge >= 0.3 is 0 Å². The quantitative estimate of drug-likeness (QED) is 0.756. The maximum Gasteiger partial charge on any atom is 0.237 e. The molecule has 0 radical (unpaired) electrons. The van der Waals surface area contributed by atoms with E-state index in [4.69, 9.17) is 10.5 Å². The smallest absolute Gasteiger partial charge is 0.237 e. The molecule has 0 aliphatic heterocycles. The van der Waals surface area contributed by atoms with Gasteiger partial charge in [0.2, 0.25) is 5.88 Å². The van der Waals surface area contributed by atoms with Crippen molar-refractivity contribution in [2.24, 2.45) is 0 Å². The van der Waals surface area contributed by atoms with Crippen LogP contribution in [0.2, 0.25) is 0 Å². The largest absolute Gasteiger partial charge is 0.437 e. The van der Waals surface area contributed by atoms with Crippen molar-refractivity contribution in [3.8, 4) is 11.6 Å². The van der Waals surface area contributed by atoms with Gasteiger partial charge in [0.05, 0.1) is 6.20 Å². The van der Waals surface area contributed by atoms with Crippen LogP contribution < -0.4 is 10.5 Å². The summed E-state index contributed by atoms with van der Waals surface area (Å²) in [6.07, 6.45) is 4.74. The fourth-order valence-electron chi connectivity index (χ4n) is 1.17. The van der Waals surface area contributed by atoms with Crippen LogP contribution in [-0.4, -0.2) is 9.97 Å². The molecule has 2 aromatic rings. The number of nitrogens with zero attached hydrogens (tertiary/aromatic N) is 2. The molecule has 0 atom stereocenters. The summed E-state index contributed by atoms with van der Waals surface area (Å²) in [4.78, 5) is 7.92. The highest BCUT2D eigenvalue weighted by atomic mass is 16.5. The molecule has 4 nitrogen and oxygen atoms in total. The number of aryl methyl sites for hydroxylation is 1. The van der Waals surface area contributed by atoms with E-state index in [-0.39, 0.29) is 0 Å². The summed E-state index contributed by atoms with van der Waals surface area (Å²) in [7, 11) is 0. The van der Waals surface area contributed by atoms with Gasteiger partial charge in [-0.25, -0.2) is 4.98 Å². The highest BCUT2D eigenvalue weighted by Crippen LogP contribution is 2.22. The zero-order valence-electron chi connectivity index (χ0n) is 8.34. The molecular weight excluding hydrogens is 190 g/mol. The van der Waals surface area contributed by atoms with Crippen molar-refractivity contribution in [3.63, 3.8) is 0 Å². The van der Waals surface area contributed by atoms with Gasteiger partial charge in [0, 0.05) is 18.1 Å². The summed E-state index contributed by atoms with van der Waals surface area (Å²) < 4.78 is 5.48. The van der Waals surface area contributed by atoms with E-state index in [0.717, 1.165) is 11.3 Å². The zero-order chi connectivity index (χ0) is 10.7. The molecule has 2 rings (SSSR count). The number of ether oxygens (including phenoxy) is 1. The standard InChI is InChI=1S/C11H11N3O/c1-8-6-9(2-3-10(8)12)15-11-7-13-4-5-14-11/h2-7H,12H2,1H3. The van der Waals surface area contributed by atoms with E-state index in [9.17, 15) is 0 Å². The van der Waals surface area contributed by atoms with Gasteiger partial charge in [-0.1, -0.05) is 0 Å². The Morgan fingerprint density at radius 2 is 2.13 bits per heavy atom. The second-order valence-corrected chi connectivity index (χ2v) is 3.16. The van der Waals surface area contributed by atoms with Gasteiger partial charge in [0.1, 0.15) is 5.75 Å². The average molecular weight is 201 g/mol. The molecule has 2 N–H and O–H groups in total. The topological polar surface area (TPSA) is 61.0 Å². The molecule has 1 heterocycles. The van der Waals surface area contributed by atoms with Crippen molar-refractivity contribution in [1.82, 2.24) is 9.97 Å². The van der Waals surface area contributed by atoms with Crippen molar-refractivity contribution in [3.05, 3.63) is 42.4 Å². The van der Waals surface area contributed by atoms with Crippen molar-refractivity contribution in [2.75, 3.05) is 5.73 Å². The van der Waals surface area contributed by atoms with Crippen LogP contribution in [0.25, 0.3) is 0 Å². The Hall–Kier alpha value is -2.10. The van der Waals surface area contributed by atoms with E-state index < -0.39 is 0 Å². The normalized spacial score (nSPS) is 9.93. The summed E-state index contributed by atoms with van der Waals surface area (Å²) in [5, 5.41) is 0. The fraction of sp³-hybridized carbons (Fsp3) is 0.0909. The van der Waals surface area contributed by atoms with Gasteiger partial charge in [-0.05, 0) is 30.7 Å².